The average molecular weight is 441 g/mol. The number of piperazine rings is 1. The number of amides is 3. The van der Waals surface area contributed by atoms with Crippen LogP contribution < -0.4 is 15.1 Å². The summed E-state index contributed by atoms with van der Waals surface area (Å²) >= 11 is 5.98. The van der Waals surface area contributed by atoms with Crippen LogP contribution in [0, 0.1) is 0 Å². The molecule has 1 unspecified atom stereocenters. The van der Waals surface area contributed by atoms with Gasteiger partial charge in [0.05, 0.1) is 0 Å². The van der Waals surface area contributed by atoms with E-state index in [0.29, 0.717) is 23.7 Å². The van der Waals surface area contributed by atoms with Crippen molar-refractivity contribution in [1.29, 1.82) is 0 Å². The molecule has 4 heterocycles. The van der Waals surface area contributed by atoms with Gasteiger partial charge in [-0.15, -0.1) is 0 Å². The number of nitrogens with zero attached hydrogens (tertiary/aromatic N) is 5. The second kappa shape index (κ2) is 7.81. The quantitative estimate of drug-likeness (QED) is 0.566. The van der Waals surface area contributed by atoms with Crippen molar-refractivity contribution >= 4 is 40.8 Å². The Hall–Kier alpha value is -3.20. The summed E-state index contributed by atoms with van der Waals surface area (Å²) in [5.74, 6) is -0.00441. The summed E-state index contributed by atoms with van der Waals surface area (Å²) in [6, 6.07) is 7.01. The molecule has 10 heteroatoms. The zero-order valence-electron chi connectivity index (χ0n) is 16.8. The van der Waals surface area contributed by atoms with E-state index in [1.807, 2.05) is 18.2 Å². The monoisotopic (exact) mass is 440 g/mol. The highest BCUT2D eigenvalue weighted by atomic mass is 35.5. The smallest absolute Gasteiger partial charge is 0.255 e. The van der Waals surface area contributed by atoms with Gasteiger partial charge in [-0.2, -0.15) is 0 Å². The molecular weight excluding hydrogens is 420 g/mol. The standard InChI is InChI=1S/C21H21ClN6O3/c22-17-10-18(24-12-23-17)27-7-5-26(6-8-27)14-1-2-15-13(9-14)11-28(21(15)31)16-3-4-19(29)25-20(16)30/h1-2,9-10,12,16H,3-8,11H2,(H,25,29,30). The van der Waals surface area contributed by atoms with Gasteiger partial charge in [-0.1, -0.05) is 11.6 Å². The number of carbonyl (C=O) groups excluding carboxylic acids is 3. The third-order valence-corrected chi connectivity index (χ3v) is 6.30. The number of carbonyl (C=O) groups is 3. The van der Waals surface area contributed by atoms with Crippen LogP contribution in [-0.2, 0) is 16.1 Å². The molecule has 0 saturated carbocycles. The van der Waals surface area contributed by atoms with E-state index in [-0.39, 0.29) is 18.2 Å². The molecule has 3 amide bonds. The summed E-state index contributed by atoms with van der Waals surface area (Å²) in [7, 11) is 0. The van der Waals surface area contributed by atoms with Gasteiger partial charge in [0, 0.05) is 56.5 Å². The third-order valence-electron chi connectivity index (χ3n) is 6.10. The normalized spacial score (nSPS) is 21.4. The van der Waals surface area contributed by atoms with Gasteiger partial charge in [0.25, 0.3) is 5.91 Å². The summed E-state index contributed by atoms with van der Waals surface area (Å²) in [5.41, 5.74) is 2.59. The fourth-order valence-corrected chi connectivity index (χ4v) is 4.59. The fraction of sp³-hybridized carbons (Fsp3) is 0.381. The van der Waals surface area contributed by atoms with Crippen LogP contribution in [0.25, 0.3) is 0 Å². The predicted octanol–water partition coefficient (Wildman–Crippen LogP) is 1.22. The third kappa shape index (κ3) is 3.69. The van der Waals surface area contributed by atoms with Gasteiger partial charge in [0.2, 0.25) is 11.8 Å². The first-order valence-corrected chi connectivity index (χ1v) is 10.6. The minimum Gasteiger partial charge on any atom is -0.368 e. The molecule has 1 atom stereocenters. The van der Waals surface area contributed by atoms with Crippen molar-refractivity contribution in [3.8, 4) is 0 Å². The molecule has 2 saturated heterocycles. The van der Waals surface area contributed by atoms with Crippen LogP contribution in [0.15, 0.2) is 30.6 Å². The lowest BCUT2D eigenvalue weighted by atomic mass is 10.0. The maximum Gasteiger partial charge on any atom is 0.255 e. The van der Waals surface area contributed by atoms with Gasteiger partial charge in [-0.25, -0.2) is 9.97 Å². The van der Waals surface area contributed by atoms with Crippen molar-refractivity contribution < 1.29 is 14.4 Å². The zero-order chi connectivity index (χ0) is 21.5. The Labute approximate surface area is 184 Å². The number of hydrogen-bond donors (Lipinski definition) is 1. The van der Waals surface area contributed by atoms with E-state index >= 15 is 0 Å². The molecule has 3 aliphatic rings. The Kier molecular flexibility index (Phi) is 4.97. The minimum absolute atomic E-state index is 0.151. The number of benzene rings is 1. The van der Waals surface area contributed by atoms with Gasteiger partial charge >= 0.3 is 0 Å². The SMILES string of the molecule is O=C1CCC(N2Cc3cc(N4CCN(c5cc(Cl)ncn5)CC4)ccc3C2=O)C(=O)N1. The number of nitrogens with one attached hydrogen (secondary N) is 1. The molecule has 0 spiro atoms. The Bertz CT molecular complexity index is 1070. The van der Waals surface area contributed by atoms with Gasteiger partial charge in [0.1, 0.15) is 23.3 Å². The average Bonchev–Trinajstić information content (AvgIpc) is 3.09. The Balaban J connectivity index is 1.28. The molecule has 160 valence electrons. The van der Waals surface area contributed by atoms with Crippen molar-refractivity contribution in [1.82, 2.24) is 20.2 Å². The second-order valence-corrected chi connectivity index (χ2v) is 8.30. The van der Waals surface area contributed by atoms with Crippen LogP contribution in [0.1, 0.15) is 28.8 Å². The van der Waals surface area contributed by atoms with E-state index in [1.54, 1.807) is 11.0 Å². The zero-order valence-corrected chi connectivity index (χ0v) is 17.5. The van der Waals surface area contributed by atoms with E-state index in [0.717, 1.165) is 43.2 Å². The molecule has 1 aromatic carbocycles. The maximum atomic E-state index is 12.9. The van der Waals surface area contributed by atoms with Crippen LogP contribution in [-0.4, -0.2) is 64.8 Å². The molecule has 0 bridgehead atoms. The minimum atomic E-state index is -0.593. The highest BCUT2D eigenvalue weighted by molar-refractivity contribution is 6.29. The van der Waals surface area contributed by atoms with Gasteiger partial charge in [-0.3, -0.25) is 19.7 Å². The molecule has 0 aliphatic carbocycles. The van der Waals surface area contributed by atoms with E-state index in [2.05, 4.69) is 25.1 Å². The van der Waals surface area contributed by atoms with Gasteiger partial charge in [-0.05, 0) is 30.2 Å². The number of hydrogen-bond acceptors (Lipinski definition) is 7. The Morgan fingerprint density at radius 3 is 2.52 bits per heavy atom. The van der Waals surface area contributed by atoms with Gasteiger partial charge < -0.3 is 14.7 Å². The molecular formula is C21H21ClN6O3. The molecule has 2 aromatic rings. The lowest BCUT2D eigenvalue weighted by molar-refractivity contribution is -0.136. The predicted molar refractivity (Wildman–Crippen MR) is 114 cm³/mol. The molecule has 2 fully saturated rings. The largest absolute Gasteiger partial charge is 0.368 e. The highest BCUT2D eigenvalue weighted by Gasteiger charge is 2.39. The second-order valence-electron chi connectivity index (χ2n) is 7.91. The van der Waals surface area contributed by atoms with Crippen molar-refractivity contribution in [2.45, 2.75) is 25.4 Å². The Morgan fingerprint density at radius 2 is 1.77 bits per heavy atom. The van der Waals surface area contributed by atoms with E-state index in [9.17, 15) is 14.4 Å². The lowest BCUT2D eigenvalue weighted by Crippen LogP contribution is -2.52. The summed E-state index contributed by atoms with van der Waals surface area (Å²) < 4.78 is 0. The van der Waals surface area contributed by atoms with E-state index < -0.39 is 11.9 Å². The Morgan fingerprint density at radius 1 is 1.00 bits per heavy atom. The topological polar surface area (TPSA) is 98.7 Å². The molecule has 1 aromatic heterocycles. The lowest BCUT2D eigenvalue weighted by Gasteiger charge is -2.36. The fourth-order valence-electron chi connectivity index (χ4n) is 4.45. The van der Waals surface area contributed by atoms with Crippen molar-refractivity contribution in [3.05, 3.63) is 46.9 Å². The van der Waals surface area contributed by atoms with E-state index in [1.165, 1.54) is 6.33 Å². The molecule has 5 rings (SSSR count). The number of halogens is 1. The van der Waals surface area contributed by atoms with Crippen LogP contribution in [0.4, 0.5) is 11.5 Å². The van der Waals surface area contributed by atoms with Crippen LogP contribution in [0.5, 0.6) is 0 Å². The number of piperidine rings is 1. The maximum absolute atomic E-state index is 12.9. The van der Waals surface area contributed by atoms with Crippen LogP contribution in [0.2, 0.25) is 5.15 Å². The number of imide groups is 1. The van der Waals surface area contributed by atoms with Crippen LogP contribution >= 0.6 is 11.6 Å². The molecule has 9 nitrogen and oxygen atoms in total. The van der Waals surface area contributed by atoms with E-state index in [4.69, 9.17) is 11.6 Å². The van der Waals surface area contributed by atoms with Crippen molar-refractivity contribution in [2.24, 2.45) is 0 Å². The van der Waals surface area contributed by atoms with Crippen LogP contribution in [0.3, 0.4) is 0 Å². The van der Waals surface area contributed by atoms with Gasteiger partial charge in [0.15, 0.2) is 0 Å². The van der Waals surface area contributed by atoms with Crippen molar-refractivity contribution in [3.63, 3.8) is 0 Å². The molecule has 1 N–H and O–H groups in total. The number of anilines is 2. The number of rotatable bonds is 3. The number of fused-ring (bicyclic) bond motifs is 1. The molecule has 0 radical (unpaired) electrons. The first-order valence-electron chi connectivity index (χ1n) is 10.2. The molecule has 31 heavy (non-hydrogen) atoms. The molecule has 3 aliphatic heterocycles. The first-order chi connectivity index (χ1) is 15.0. The first kappa shape index (κ1) is 19.7. The van der Waals surface area contributed by atoms with Crippen molar-refractivity contribution in [2.75, 3.05) is 36.0 Å². The summed E-state index contributed by atoms with van der Waals surface area (Å²) in [6.45, 7) is 3.60. The highest BCUT2D eigenvalue weighted by Crippen LogP contribution is 2.31. The summed E-state index contributed by atoms with van der Waals surface area (Å²) in [5, 5.41) is 2.76. The summed E-state index contributed by atoms with van der Waals surface area (Å²) in [4.78, 5) is 50.7. The summed E-state index contributed by atoms with van der Waals surface area (Å²) in [6.07, 6.45) is 2.09. The number of aromatic nitrogens is 2.